The highest BCUT2D eigenvalue weighted by Crippen LogP contribution is 2.34. The Balaban J connectivity index is 2.04. The second-order valence-corrected chi connectivity index (χ2v) is 8.02. The fourth-order valence-corrected chi connectivity index (χ4v) is 4.47. The number of aromatic amines is 2. The van der Waals surface area contributed by atoms with Gasteiger partial charge in [-0.3, -0.25) is 9.59 Å². The van der Waals surface area contributed by atoms with Crippen LogP contribution in [-0.4, -0.2) is 9.97 Å². The monoisotopic (exact) mass is 448 g/mol. The summed E-state index contributed by atoms with van der Waals surface area (Å²) in [7, 11) is 0. The van der Waals surface area contributed by atoms with Crippen molar-refractivity contribution in [3.05, 3.63) is 76.9 Å². The summed E-state index contributed by atoms with van der Waals surface area (Å²) in [5.41, 5.74) is 1.33. The Morgan fingerprint density at radius 2 is 1.29 bits per heavy atom. The van der Waals surface area contributed by atoms with E-state index in [4.69, 9.17) is 46.4 Å². The molecule has 28 heavy (non-hydrogen) atoms. The Hall–Kier alpha value is -2.24. The smallest absolute Gasteiger partial charge is 0.198 e. The quantitative estimate of drug-likeness (QED) is 0.215. The van der Waals surface area contributed by atoms with Gasteiger partial charge in [-0.25, -0.2) is 0 Å². The van der Waals surface area contributed by atoms with Crippen molar-refractivity contribution in [2.24, 2.45) is 0 Å². The summed E-state index contributed by atoms with van der Waals surface area (Å²) in [6, 6.07) is 9.82. The molecule has 5 rings (SSSR count). The van der Waals surface area contributed by atoms with Crippen molar-refractivity contribution in [1.82, 2.24) is 9.97 Å². The molecule has 2 N–H and O–H groups in total. The molecule has 0 aliphatic carbocycles. The topological polar surface area (TPSA) is 65.7 Å². The van der Waals surface area contributed by atoms with Crippen LogP contribution in [0.2, 0.25) is 20.1 Å². The van der Waals surface area contributed by atoms with Crippen molar-refractivity contribution in [2.45, 2.75) is 0 Å². The predicted octanol–water partition coefficient (Wildman–Crippen LogP) is 6.29. The molecule has 0 atom stereocenters. The molecule has 0 aliphatic heterocycles. The van der Waals surface area contributed by atoms with Gasteiger partial charge < -0.3 is 9.97 Å². The largest absolute Gasteiger partial charge is 0.353 e. The molecule has 0 aliphatic rings. The fraction of sp³-hybridized carbons (Fsp3) is 0. The van der Waals surface area contributed by atoms with Gasteiger partial charge in [0.25, 0.3) is 0 Å². The summed E-state index contributed by atoms with van der Waals surface area (Å²) in [5, 5.41) is 2.45. The lowest BCUT2D eigenvalue weighted by Crippen LogP contribution is -2.09. The van der Waals surface area contributed by atoms with E-state index in [2.05, 4.69) is 9.97 Å². The first kappa shape index (κ1) is 17.8. The Kier molecular flexibility index (Phi) is 3.90. The number of halogens is 4. The van der Waals surface area contributed by atoms with Crippen LogP contribution < -0.4 is 10.9 Å². The number of fused-ring (bicyclic) bond motifs is 4. The second kappa shape index (κ2) is 6.13. The normalized spacial score (nSPS) is 11.9. The average Bonchev–Trinajstić information content (AvgIpc) is 2.66. The van der Waals surface area contributed by atoms with Gasteiger partial charge in [0.05, 0.1) is 47.5 Å². The molecular formula is C20H8Cl4N2O2. The van der Waals surface area contributed by atoms with Crippen molar-refractivity contribution in [2.75, 3.05) is 0 Å². The number of rotatable bonds is 0. The van der Waals surface area contributed by atoms with Crippen molar-refractivity contribution in [3.8, 4) is 0 Å². The maximum Gasteiger partial charge on any atom is 0.198 e. The van der Waals surface area contributed by atoms with E-state index in [0.29, 0.717) is 43.2 Å². The minimum Gasteiger partial charge on any atom is -0.353 e. The van der Waals surface area contributed by atoms with Crippen molar-refractivity contribution in [3.63, 3.8) is 0 Å². The second-order valence-electron chi connectivity index (χ2n) is 6.42. The van der Waals surface area contributed by atoms with E-state index in [1.165, 1.54) is 6.07 Å². The average molecular weight is 450 g/mol. The molecule has 0 saturated heterocycles. The summed E-state index contributed by atoms with van der Waals surface area (Å²) in [6.45, 7) is 0. The Morgan fingerprint density at radius 3 is 2.00 bits per heavy atom. The van der Waals surface area contributed by atoms with E-state index in [-0.39, 0.29) is 31.3 Å². The summed E-state index contributed by atoms with van der Waals surface area (Å²) >= 11 is 24.8. The molecule has 0 radical (unpaired) electrons. The first-order valence-electron chi connectivity index (χ1n) is 8.14. The first-order valence-corrected chi connectivity index (χ1v) is 9.65. The van der Waals surface area contributed by atoms with E-state index < -0.39 is 0 Å². The van der Waals surface area contributed by atoms with Crippen LogP contribution in [0.4, 0.5) is 0 Å². The molecule has 3 aromatic carbocycles. The van der Waals surface area contributed by atoms with Crippen LogP contribution in [0.1, 0.15) is 0 Å². The highest BCUT2D eigenvalue weighted by atomic mass is 35.5. The Labute approximate surface area is 176 Å². The predicted molar refractivity (Wildman–Crippen MR) is 118 cm³/mol. The molecule has 5 aromatic rings. The highest BCUT2D eigenvalue weighted by molar-refractivity contribution is 6.47. The summed E-state index contributed by atoms with van der Waals surface area (Å²) in [5.74, 6) is 0. The van der Waals surface area contributed by atoms with Gasteiger partial charge in [0.1, 0.15) is 0 Å². The molecule has 138 valence electrons. The van der Waals surface area contributed by atoms with Crippen LogP contribution in [0.15, 0.2) is 46.0 Å². The maximum absolute atomic E-state index is 13.1. The van der Waals surface area contributed by atoms with Gasteiger partial charge in [-0.05, 0) is 30.3 Å². The minimum atomic E-state index is -0.333. The Bertz CT molecular complexity index is 1600. The van der Waals surface area contributed by atoms with Crippen LogP contribution in [-0.2, 0) is 0 Å². The van der Waals surface area contributed by atoms with Gasteiger partial charge in [-0.15, -0.1) is 0 Å². The SMILES string of the molecule is O=c1c2cc3[nH]c4c(Cl)cc(Cl)c(Cl)c4c(=O)c3cc2[nH]c2c(Cl)cccc12. The third-order valence-corrected chi connectivity index (χ3v) is 6.22. The number of hydrogen-bond acceptors (Lipinski definition) is 2. The number of H-pyrrole nitrogens is 2. The van der Waals surface area contributed by atoms with Crippen molar-refractivity contribution in [1.29, 1.82) is 0 Å². The van der Waals surface area contributed by atoms with Crippen LogP contribution in [0.3, 0.4) is 0 Å². The van der Waals surface area contributed by atoms with Crippen LogP contribution in [0.25, 0.3) is 43.6 Å². The lowest BCUT2D eigenvalue weighted by atomic mass is 10.1. The molecule has 2 aromatic heterocycles. The van der Waals surface area contributed by atoms with Gasteiger partial charge in [0.15, 0.2) is 10.9 Å². The zero-order valence-electron chi connectivity index (χ0n) is 13.8. The molecule has 4 nitrogen and oxygen atoms in total. The first-order chi connectivity index (χ1) is 13.4. The number of benzene rings is 3. The van der Waals surface area contributed by atoms with Gasteiger partial charge in [-0.2, -0.15) is 0 Å². The lowest BCUT2D eigenvalue weighted by molar-refractivity contribution is 1.46. The number of para-hydroxylation sites is 1. The molecule has 0 fully saturated rings. The minimum absolute atomic E-state index is 0.124. The number of nitrogens with one attached hydrogen (secondary N) is 2. The standard InChI is InChI=1S/C20H8Cl4N2O2/c21-10-3-1-2-7-17(10)25-13-5-9-14(4-8(13)19(7)27)26-18-12(23)6-11(22)16(24)15(18)20(9)28/h1-6H,(H,25,27)(H,26,28). The van der Waals surface area contributed by atoms with Crippen LogP contribution >= 0.6 is 46.4 Å². The van der Waals surface area contributed by atoms with Crippen molar-refractivity contribution < 1.29 is 0 Å². The zero-order valence-corrected chi connectivity index (χ0v) is 16.8. The molecule has 2 heterocycles. The lowest BCUT2D eigenvalue weighted by Gasteiger charge is -2.09. The molecule has 0 unspecified atom stereocenters. The molecule has 0 spiro atoms. The highest BCUT2D eigenvalue weighted by Gasteiger charge is 2.16. The molecule has 8 heteroatoms. The summed E-state index contributed by atoms with van der Waals surface area (Å²) in [4.78, 5) is 32.4. The fourth-order valence-electron chi connectivity index (χ4n) is 3.50. The number of hydrogen-bond donors (Lipinski definition) is 2. The molecular weight excluding hydrogens is 442 g/mol. The molecule has 0 saturated carbocycles. The summed E-state index contributed by atoms with van der Waals surface area (Å²) in [6.07, 6.45) is 0. The van der Waals surface area contributed by atoms with Gasteiger partial charge in [0.2, 0.25) is 0 Å². The van der Waals surface area contributed by atoms with E-state index in [0.717, 1.165) is 0 Å². The third-order valence-electron chi connectivity index (χ3n) is 4.82. The molecule has 0 bridgehead atoms. The zero-order chi connectivity index (χ0) is 19.7. The van der Waals surface area contributed by atoms with Gasteiger partial charge in [-0.1, -0.05) is 52.5 Å². The van der Waals surface area contributed by atoms with Crippen molar-refractivity contribution >= 4 is 90.0 Å². The van der Waals surface area contributed by atoms with Gasteiger partial charge >= 0.3 is 0 Å². The number of aromatic nitrogens is 2. The van der Waals surface area contributed by atoms with Crippen LogP contribution in [0, 0.1) is 0 Å². The number of pyridine rings is 2. The van der Waals surface area contributed by atoms with Gasteiger partial charge in [0, 0.05) is 16.2 Å². The third kappa shape index (κ3) is 2.39. The maximum atomic E-state index is 13.1. The Morgan fingerprint density at radius 1 is 0.643 bits per heavy atom. The van der Waals surface area contributed by atoms with E-state index in [1.54, 1.807) is 30.3 Å². The van der Waals surface area contributed by atoms with Crippen LogP contribution in [0.5, 0.6) is 0 Å². The summed E-state index contributed by atoms with van der Waals surface area (Å²) < 4.78 is 0. The molecule has 0 amide bonds. The van der Waals surface area contributed by atoms with E-state index in [9.17, 15) is 9.59 Å². The van der Waals surface area contributed by atoms with E-state index >= 15 is 0 Å². The van der Waals surface area contributed by atoms with E-state index in [1.807, 2.05) is 0 Å².